The van der Waals surface area contributed by atoms with Crippen molar-refractivity contribution in [1.29, 1.82) is 0 Å². The largest absolute Gasteiger partial charge is 1.00 e. The molecule has 0 aliphatic carbocycles. The van der Waals surface area contributed by atoms with Gasteiger partial charge in [-0.25, -0.2) is 17.6 Å². The average molecular weight is 828 g/mol. The predicted octanol–water partition coefficient (Wildman–Crippen LogP) is 8.42. The van der Waals surface area contributed by atoms with Crippen LogP contribution in [-0.2, 0) is 42.0 Å². The van der Waals surface area contributed by atoms with Gasteiger partial charge in [0.05, 0.1) is 0 Å². The molecule has 2 N–H and O–H groups in total. The van der Waals surface area contributed by atoms with E-state index >= 15 is 0 Å². The molecular formula is C32H42AgF10N4OP. The van der Waals surface area contributed by atoms with E-state index in [9.17, 15) is 42.7 Å². The molecule has 1 aliphatic rings. The topological polar surface area (TPSA) is 42.0 Å². The number of nitrogens with one attached hydrogen (secondary N) is 1. The van der Waals surface area contributed by atoms with Crippen molar-refractivity contribution in [1.82, 2.24) is 20.0 Å². The summed E-state index contributed by atoms with van der Waals surface area (Å²) in [6.45, 7) is 10.3. The first-order valence-electron chi connectivity index (χ1n) is 15.0. The minimum atomic E-state index is -10.7. The van der Waals surface area contributed by atoms with Crippen LogP contribution >= 0.6 is 7.81 Å². The molecule has 17 heteroatoms. The van der Waals surface area contributed by atoms with Crippen LogP contribution in [0, 0.1) is 23.3 Å². The van der Waals surface area contributed by atoms with Crippen molar-refractivity contribution in [3.05, 3.63) is 107 Å². The third kappa shape index (κ3) is 21.7. The van der Waals surface area contributed by atoms with Gasteiger partial charge in [0.15, 0.2) is 0 Å². The maximum Gasteiger partial charge on any atom is 1.00 e. The fourth-order valence-corrected chi connectivity index (χ4v) is 5.43. The van der Waals surface area contributed by atoms with Crippen LogP contribution in [0.2, 0.25) is 0 Å². The number of hydrogen-bond donors (Lipinski definition) is 2. The SMILES string of the molecule is CO.C[C@@H]1CN(Cc2cc(F)cc(F)c2)CCN(Cc2ccccc2)CCN(Cc2cc(F)cc(F)c2)C[C@H](C)N1.F[P-](F)(F)(F)(F)F.[Ag+]. The molecule has 0 radical (unpaired) electrons. The van der Waals surface area contributed by atoms with Gasteiger partial charge >= 0.3 is 55.4 Å². The zero-order valence-corrected chi connectivity index (χ0v) is 29.6. The van der Waals surface area contributed by atoms with Crippen molar-refractivity contribution < 1.29 is 70.2 Å². The van der Waals surface area contributed by atoms with Gasteiger partial charge in [-0.15, -0.1) is 0 Å². The minimum absolute atomic E-state index is 0. The summed E-state index contributed by atoms with van der Waals surface area (Å²) >= 11 is 0. The zero-order chi connectivity index (χ0) is 36.2. The molecule has 49 heavy (non-hydrogen) atoms. The minimum Gasteiger partial charge on any atom is 1.00 e. The second-order valence-electron chi connectivity index (χ2n) is 11.7. The van der Waals surface area contributed by atoms with Crippen molar-refractivity contribution >= 4 is 7.81 Å². The molecule has 0 bridgehead atoms. The van der Waals surface area contributed by atoms with E-state index in [1.807, 2.05) is 18.2 Å². The van der Waals surface area contributed by atoms with Gasteiger partial charge in [0.2, 0.25) is 0 Å². The number of hydrogen-bond acceptors (Lipinski definition) is 5. The van der Waals surface area contributed by atoms with E-state index in [0.717, 1.165) is 52.0 Å². The van der Waals surface area contributed by atoms with E-state index in [-0.39, 0.29) is 34.5 Å². The van der Waals surface area contributed by atoms with Crippen molar-refractivity contribution in [2.24, 2.45) is 0 Å². The molecular weight excluding hydrogens is 785 g/mol. The molecule has 1 aliphatic heterocycles. The molecule has 3 aromatic rings. The zero-order valence-electron chi connectivity index (χ0n) is 27.2. The van der Waals surface area contributed by atoms with Crippen LogP contribution in [0.25, 0.3) is 0 Å². The maximum absolute atomic E-state index is 13.9. The molecule has 4 rings (SSSR count). The molecule has 0 spiro atoms. The number of nitrogens with zero attached hydrogens (tertiary/aromatic N) is 3. The van der Waals surface area contributed by atoms with Gasteiger partial charge in [-0.2, -0.15) is 0 Å². The molecule has 1 heterocycles. The van der Waals surface area contributed by atoms with Crippen LogP contribution in [0.4, 0.5) is 42.7 Å². The van der Waals surface area contributed by atoms with E-state index in [2.05, 4.69) is 46.0 Å². The standard InChI is InChI=1S/C31H38F4N4.CH4O.Ag.F6P/c1-23-18-38(21-26-12-28(32)16-29(33)13-26)10-8-37(20-25-6-4-3-5-7-25)9-11-39(19-24(2)36-23)22-27-14-30(34)17-31(35)15-27;1-2;;1-7(2,3,4,5)6/h3-7,12-17,23-24,36H,8-11,18-22H2,1-2H3;2H,1H3;;/q;;+1;-1/t23-,24+;;;. The fourth-order valence-electron chi connectivity index (χ4n) is 5.43. The van der Waals surface area contributed by atoms with Crippen molar-refractivity contribution in [3.63, 3.8) is 0 Å². The Bertz CT molecular complexity index is 1300. The summed E-state index contributed by atoms with van der Waals surface area (Å²) in [6, 6.07) is 17.9. The van der Waals surface area contributed by atoms with Crippen LogP contribution in [0.1, 0.15) is 30.5 Å². The van der Waals surface area contributed by atoms with Crippen molar-refractivity contribution in [3.8, 4) is 0 Å². The Morgan fingerprint density at radius 3 is 1.22 bits per heavy atom. The Balaban J connectivity index is 0.00000107. The quantitative estimate of drug-likeness (QED) is 0.149. The fraction of sp³-hybridized carbons (Fsp3) is 0.438. The van der Waals surface area contributed by atoms with Gasteiger partial charge < -0.3 is 10.4 Å². The van der Waals surface area contributed by atoms with Gasteiger partial charge in [0.1, 0.15) is 23.3 Å². The maximum atomic E-state index is 13.9. The van der Waals surface area contributed by atoms with Gasteiger partial charge in [-0.05, 0) is 54.8 Å². The van der Waals surface area contributed by atoms with Crippen molar-refractivity contribution in [2.75, 3.05) is 46.4 Å². The van der Waals surface area contributed by atoms with E-state index in [0.29, 0.717) is 37.3 Å². The summed E-state index contributed by atoms with van der Waals surface area (Å²) in [5.41, 5.74) is 2.43. The first-order valence-corrected chi connectivity index (χ1v) is 17.1. The Morgan fingerprint density at radius 2 is 0.878 bits per heavy atom. The third-order valence-corrected chi connectivity index (χ3v) is 7.00. The average Bonchev–Trinajstić information content (AvgIpc) is 2.92. The molecule has 1 saturated heterocycles. The van der Waals surface area contributed by atoms with Gasteiger partial charge in [-0.3, -0.25) is 14.7 Å². The molecule has 0 unspecified atom stereocenters. The number of halogens is 10. The Labute approximate surface area is 296 Å². The molecule has 0 amide bonds. The summed E-state index contributed by atoms with van der Waals surface area (Å²) in [5, 5.41) is 10.6. The van der Waals surface area contributed by atoms with Crippen LogP contribution in [0.3, 0.4) is 0 Å². The van der Waals surface area contributed by atoms with Crippen LogP contribution in [0.15, 0.2) is 66.7 Å². The van der Waals surface area contributed by atoms with Crippen LogP contribution in [0.5, 0.6) is 0 Å². The molecule has 5 nitrogen and oxygen atoms in total. The monoisotopic (exact) mass is 826 g/mol. The van der Waals surface area contributed by atoms with Gasteiger partial charge in [0, 0.05) is 90.2 Å². The van der Waals surface area contributed by atoms with Gasteiger partial charge in [0.25, 0.3) is 0 Å². The molecule has 2 atom stereocenters. The third-order valence-electron chi connectivity index (χ3n) is 7.00. The summed E-state index contributed by atoms with van der Waals surface area (Å²) in [7, 11) is -9.66. The predicted molar refractivity (Wildman–Crippen MR) is 169 cm³/mol. The molecule has 282 valence electrons. The Kier molecular flexibility index (Phi) is 17.4. The first kappa shape index (κ1) is 45.0. The van der Waals surface area contributed by atoms with E-state index < -0.39 is 31.1 Å². The second-order valence-corrected chi connectivity index (χ2v) is 13.6. The molecule has 1 fully saturated rings. The second kappa shape index (κ2) is 19.0. The van der Waals surface area contributed by atoms with E-state index in [1.165, 1.54) is 29.8 Å². The van der Waals surface area contributed by atoms with E-state index in [1.54, 1.807) is 0 Å². The Morgan fingerprint density at radius 1 is 0.571 bits per heavy atom. The van der Waals surface area contributed by atoms with Crippen molar-refractivity contribution in [2.45, 2.75) is 45.6 Å². The van der Waals surface area contributed by atoms with Crippen LogP contribution in [-0.4, -0.2) is 78.3 Å². The van der Waals surface area contributed by atoms with Crippen LogP contribution < -0.4 is 5.32 Å². The number of aliphatic hydroxyl groups excluding tert-OH is 1. The summed E-state index contributed by atoms with van der Waals surface area (Å²) in [4.78, 5) is 6.86. The normalized spacial score (nSPS) is 20.0. The summed E-state index contributed by atoms with van der Waals surface area (Å²) < 4.78 is 115. The molecule has 0 saturated carbocycles. The van der Waals surface area contributed by atoms with Gasteiger partial charge in [-0.1, -0.05) is 30.3 Å². The van der Waals surface area contributed by atoms with E-state index in [4.69, 9.17) is 5.11 Å². The summed E-state index contributed by atoms with van der Waals surface area (Å²) in [6.07, 6.45) is 0. The molecule has 3 aromatic carbocycles. The molecule has 0 aromatic heterocycles. The smallest absolute Gasteiger partial charge is 1.00 e. The Hall–Kier alpha value is -2.07. The first-order chi connectivity index (χ1) is 22.2. The number of rotatable bonds is 6. The number of benzene rings is 3. The number of aliphatic hydroxyl groups is 1. The summed E-state index contributed by atoms with van der Waals surface area (Å²) in [5.74, 6) is -2.27.